The second-order valence-corrected chi connectivity index (χ2v) is 7.17. The molecular weight excluding hydrogens is 296 g/mol. The normalized spacial score (nSPS) is 25.2. The van der Waals surface area contributed by atoms with Gasteiger partial charge in [-0.1, -0.05) is 25.7 Å². The van der Waals surface area contributed by atoms with Crippen molar-refractivity contribution in [3.63, 3.8) is 0 Å². The fourth-order valence-corrected chi connectivity index (χ4v) is 4.20. The summed E-state index contributed by atoms with van der Waals surface area (Å²) < 4.78 is 0. The predicted molar refractivity (Wildman–Crippen MR) is 84.5 cm³/mol. The lowest BCUT2D eigenvalue weighted by molar-refractivity contribution is -0.131. The number of nitrogens with one attached hydrogen (secondary N) is 2. The highest BCUT2D eigenvalue weighted by Crippen LogP contribution is 2.35. The summed E-state index contributed by atoms with van der Waals surface area (Å²) in [4.78, 5) is 38.0. The molecule has 23 heavy (non-hydrogen) atoms. The fraction of sp³-hybridized carbons (Fsp3) is 0.812. The van der Waals surface area contributed by atoms with Gasteiger partial charge in [-0.25, -0.2) is 4.79 Å². The molecule has 0 aromatic rings. The lowest BCUT2D eigenvalue weighted by Crippen LogP contribution is -2.52. The molecule has 128 valence electrons. The van der Waals surface area contributed by atoms with E-state index in [2.05, 4.69) is 10.6 Å². The lowest BCUT2D eigenvalue weighted by Gasteiger charge is -2.29. The summed E-state index contributed by atoms with van der Waals surface area (Å²) in [6.07, 6.45) is 7.42. The summed E-state index contributed by atoms with van der Waals surface area (Å²) in [6, 6.07) is -0.362. The van der Waals surface area contributed by atoms with Crippen LogP contribution in [0.1, 0.15) is 57.8 Å². The van der Waals surface area contributed by atoms with Crippen molar-refractivity contribution in [3.05, 3.63) is 0 Å². The molecule has 4 N–H and O–H groups in total. The molecule has 0 unspecified atom stereocenters. The van der Waals surface area contributed by atoms with Crippen LogP contribution in [0.3, 0.4) is 0 Å². The van der Waals surface area contributed by atoms with Gasteiger partial charge in [-0.15, -0.1) is 0 Å². The number of nitrogens with two attached hydrogens (primary N) is 1. The van der Waals surface area contributed by atoms with Crippen LogP contribution in [0.25, 0.3) is 0 Å². The van der Waals surface area contributed by atoms with Gasteiger partial charge >= 0.3 is 6.03 Å². The van der Waals surface area contributed by atoms with Gasteiger partial charge in [0, 0.05) is 19.5 Å². The largest absolute Gasteiger partial charge is 0.349 e. The third kappa shape index (κ3) is 2.94. The van der Waals surface area contributed by atoms with Crippen LogP contribution in [0.2, 0.25) is 0 Å². The smallest absolute Gasteiger partial charge is 0.325 e. The van der Waals surface area contributed by atoms with Crippen LogP contribution in [0.4, 0.5) is 4.79 Å². The highest BCUT2D eigenvalue weighted by Gasteiger charge is 2.52. The van der Waals surface area contributed by atoms with E-state index in [1.165, 1.54) is 4.90 Å². The van der Waals surface area contributed by atoms with Crippen molar-refractivity contribution in [2.75, 3.05) is 13.1 Å². The molecule has 2 saturated carbocycles. The summed E-state index contributed by atoms with van der Waals surface area (Å²) in [5.41, 5.74) is 4.83. The Bertz CT molecular complexity index is 507. The van der Waals surface area contributed by atoms with Gasteiger partial charge in [-0.3, -0.25) is 14.5 Å². The summed E-state index contributed by atoms with van der Waals surface area (Å²) >= 11 is 0. The Hall–Kier alpha value is -1.63. The van der Waals surface area contributed by atoms with Crippen LogP contribution in [-0.4, -0.2) is 46.9 Å². The first-order chi connectivity index (χ1) is 11.0. The Labute approximate surface area is 136 Å². The number of nitrogens with zero attached hydrogens (tertiary/aromatic N) is 1. The first-order valence-corrected chi connectivity index (χ1v) is 8.66. The van der Waals surface area contributed by atoms with Crippen LogP contribution in [0.15, 0.2) is 0 Å². The van der Waals surface area contributed by atoms with E-state index >= 15 is 0 Å². The Kier molecular flexibility index (Phi) is 4.31. The predicted octanol–water partition coefficient (Wildman–Crippen LogP) is 0.629. The van der Waals surface area contributed by atoms with Crippen LogP contribution in [0, 0.1) is 0 Å². The highest BCUT2D eigenvalue weighted by molar-refractivity contribution is 6.07. The summed E-state index contributed by atoms with van der Waals surface area (Å²) in [7, 11) is 0. The molecule has 7 nitrogen and oxygen atoms in total. The number of hydrogen-bond donors (Lipinski definition) is 3. The highest BCUT2D eigenvalue weighted by atomic mass is 16.2. The average molecular weight is 322 g/mol. The second kappa shape index (κ2) is 6.11. The minimum atomic E-state index is -0.697. The van der Waals surface area contributed by atoms with Crippen molar-refractivity contribution in [2.45, 2.75) is 68.9 Å². The Morgan fingerprint density at radius 2 is 1.74 bits per heavy atom. The van der Waals surface area contributed by atoms with E-state index in [1.807, 2.05) is 0 Å². The Balaban J connectivity index is 1.54. The number of carbonyl (C=O) groups excluding carboxylic acids is 3. The van der Waals surface area contributed by atoms with Crippen LogP contribution >= 0.6 is 0 Å². The van der Waals surface area contributed by atoms with Gasteiger partial charge < -0.3 is 16.4 Å². The quantitative estimate of drug-likeness (QED) is 0.646. The Morgan fingerprint density at radius 1 is 1.13 bits per heavy atom. The molecule has 0 atom stereocenters. The zero-order valence-corrected chi connectivity index (χ0v) is 13.5. The number of imide groups is 1. The van der Waals surface area contributed by atoms with E-state index in [-0.39, 0.29) is 36.3 Å². The van der Waals surface area contributed by atoms with Crippen molar-refractivity contribution in [1.29, 1.82) is 0 Å². The lowest BCUT2D eigenvalue weighted by atomic mass is 9.97. The van der Waals surface area contributed by atoms with Gasteiger partial charge in [0.15, 0.2) is 0 Å². The SMILES string of the molecule is NCC1(NC(=O)CCN2C(=O)NC3(CCCC3)C2=O)CCCC1. The molecule has 3 fully saturated rings. The first-order valence-electron chi connectivity index (χ1n) is 8.66. The zero-order chi connectivity index (χ0) is 16.5. The van der Waals surface area contributed by atoms with Crippen molar-refractivity contribution in [2.24, 2.45) is 5.73 Å². The summed E-state index contributed by atoms with van der Waals surface area (Å²) in [5, 5.41) is 5.85. The molecule has 7 heteroatoms. The monoisotopic (exact) mass is 322 g/mol. The molecule has 1 spiro atoms. The van der Waals surface area contributed by atoms with Crippen molar-refractivity contribution < 1.29 is 14.4 Å². The maximum Gasteiger partial charge on any atom is 0.325 e. The minimum Gasteiger partial charge on any atom is -0.349 e. The molecule has 1 saturated heterocycles. The van der Waals surface area contributed by atoms with E-state index in [0.717, 1.165) is 38.5 Å². The van der Waals surface area contributed by atoms with Crippen LogP contribution < -0.4 is 16.4 Å². The molecule has 0 aromatic carbocycles. The van der Waals surface area contributed by atoms with Gasteiger partial charge in [0.1, 0.15) is 5.54 Å². The standard InChI is InChI=1S/C16H26N4O3/c17-11-15(6-1-2-7-15)18-12(21)5-10-20-13(22)16(19-14(20)23)8-3-4-9-16/h1-11,17H2,(H,18,21)(H,19,23). The summed E-state index contributed by atoms with van der Waals surface area (Å²) in [6.45, 7) is 0.573. The third-order valence-corrected chi connectivity index (χ3v) is 5.62. The molecule has 0 bridgehead atoms. The second-order valence-electron chi connectivity index (χ2n) is 7.17. The molecule has 1 heterocycles. The van der Waals surface area contributed by atoms with Gasteiger partial charge in [-0.2, -0.15) is 0 Å². The molecule has 3 aliphatic rings. The third-order valence-electron chi connectivity index (χ3n) is 5.62. The van der Waals surface area contributed by atoms with E-state index in [0.29, 0.717) is 19.4 Å². The van der Waals surface area contributed by atoms with Crippen molar-refractivity contribution >= 4 is 17.8 Å². The number of rotatable bonds is 5. The van der Waals surface area contributed by atoms with E-state index in [4.69, 9.17) is 5.73 Å². The molecule has 2 aliphatic carbocycles. The average Bonchev–Trinajstić information content (AvgIpc) is 3.22. The van der Waals surface area contributed by atoms with Crippen molar-refractivity contribution in [1.82, 2.24) is 15.5 Å². The van der Waals surface area contributed by atoms with Crippen molar-refractivity contribution in [3.8, 4) is 0 Å². The van der Waals surface area contributed by atoms with Gasteiger partial charge in [0.2, 0.25) is 5.91 Å². The number of carbonyl (C=O) groups is 3. The molecular formula is C16H26N4O3. The molecule has 4 amide bonds. The molecule has 3 rings (SSSR count). The first kappa shape index (κ1) is 16.2. The van der Waals surface area contributed by atoms with Gasteiger partial charge in [-0.05, 0) is 25.7 Å². The number of urea groups is 1. The number of hydrogen-bond acceptors (Lipinski definition) is 4. The molecule has 0 radical (unpaired) electrons. The van der Waals surface area contributed by atoms with E-state index in [9.17, 15) is 14.4 Å². The Morgan fingerprint density at radius 3 is 2.35 bits per heavy atom. The molecule has 1 aliphatic heterocycles. The van der Waals surface area contributed by atoms with Gasteiger partial charge in [0.05, 0.1) is 5.54 Å². The number of amides is 4. The van der Waals surface area contributed by atoms with Gasteiger partial charge in [0.25, 0.3) is 5.91 Å². The summed E-state index contributed by atoms with van der Waals surface area (Å²) in [5.74, 6) is -0.299. The topological polar surface area (TPSA) is 105 Å². The maximum absolute atomic E-state index is 12.5. The van der Waals surface area contributed by atoms with Crippen LogP contribution in [-0.2, 0) is 9.59 Å². The maximum atomic E-state index is 12.5. The van der Waals surface area contributed by atoms with E-state index in [1.54, 1.807) is 0 Å². The van der Waals surface area contributed by atoms with E-state index < -0.39 is 5.54 Å². The zero-order valence-electron chi connectivity index (χ0n) is 13.5. The van der Waals surface area contributed by atoms with Crippen LogP contribution in [0.5, 0.6) is 0 Å². The fourth-order valence-electron chi connectivity index (χ4n) is 4.20. The molecule has 0 aromatic heterocycles. The minimum absolute atomic E-state index is 0.134.